The number of quaternary nitrogens is 1. The predicted molar refractivity (Wildman–Crippen MR) is 97.5 cm³/mol. The molecule has 7 heteroatoms. The molecule has 1 heterocycles. The normalized spacial score (nSPS) is 16.9. The molecule has 0 unspecified atom stereocenters. The van der Waals surface area contributed by atoms with Gasteiger partial charge in [0.05, 0.1) is 26.3 Å². The number of carbonyl (C=O) groups excluding carboxylic acids is 2. The number of amides is 2. The highest BCUT2D eigenvalue weighted by Crippen LogP contribution is 2.27. The fourth-order valence-corrected chi connectivity index (χ4v) is 3.11. The minimum atomic E-state index is -0.439. The van der Waals surface area contributed by atoms with Crippen LogP contribution in [0.25, 0.3) is 0 Å². The van der Waals surface area contributed by atoms with E-state index in [1.165, 1.54) is 4.90 Å². The number of carbonyl (C=O) groups is 2. The quantitative estimate of drug-likeness (QED) is 0.781. The highest BCUT2D eigenvalue weighted by Gasteiger charge is 2.42. The summed E-state index contributed by atoms with van der Waals surface area (Å²) >= 11 is 5.87. The van der Waals surface area contributed by atoms with Gasteiger partial charge in [0, 0.05) is 10.6 Å². The van der Waals surface area contributed by atoms with E-state index in [0.29, 0.717) is 28.8 Å². The Kier molecular flexibility index (Phi) is 5.44. The van der Waals surface area contributed by atoms with Gasteiger partial charge in [-0.1, -0.05) is 11.6 Å². The van der Waals surface area contributed by atoms with Crippen LogP contribution in [0.3, 0.4) is 0 Å². The first kappa shape index (κ1) is 18.2. The topological polar surface area (TPSA) is 72.5 Å². The number of benzene rings is 2. The molecular formula is C19H20ClN2O4+. The van der Waals surface area contributed by atoms with E-state index in [9.17, 15) is 9.59 Å². The third-order valence-electron chi connectivity index (χ3n) is 4.35. The minimum absolute atomic E-state index is 0.175. The SMILES string of the molecule is COc1ccc(C[NH2+][C@@H]2CC(=O)N(c3ccc(Cl)cc3)C2=O)cc1OC. The molecule has 1 fully saturated rings. The van der Waals surface area contributed by atoms with Crippen molar-refractivity contribution in [1.29, 1.82) is 0 Å². The Hall–Kier alpha value is -2.57. The molecule has 2 N–H and O–H groups in total. The molecule has 6 nitrogen and oxygen atoms in total. The van der Waals surface area contributed by atoms with Crippen molar-refractivity contribution in [1.82, 2.24) is 0 Å². The summed E-state index contributed by atoms with van der Waals surface area (Å²) in [4.78, 5) is 26.2. The van der Waals surface area contributed by atoms with Crippen LogP contribution < -0.4 is 19.7 Å². The van der Waals surface area contributed by atoms with Gasteiger partial charge in [0.15, 0.2) is 17.5 Å². The number of anilines is 1. The second-order valence-corrected chi connectivity index (χ2v) is 6.42. The highest BCUT2D eigenvalue weighted by atomic mass is 35.5. The van der Waals surface area contributed by atoms with Gasteiger partial charge in [-0.15, -0.1) is 0 Å². The number of hydrogen-bond donors (Lipinski definition) is 1. The average Bonchev–Trinajstić information content (AvgIpc) is 2.94. The third kappa shape index (κ3) is 3.66. The van der Waals surface area contributed by atoms with Crippen LogP contribution >= 0.6 is 11.6 Å². The number of nitrogens with two attached hydrogens (primary N) is 1. The lowest BCUT2D eigenvalue weighted by molar-refractivity contribution is -0.690. The Bertz CT molecular complexity index is 823. The van der Waals surface area contributed by atoms with Crippen molar-refractivity contribution in [3.8, 4) is 11.5 Å². The molecule has 1 atom stereocenters. The highest BCUT2D eigenvalue weighted by molar-refractivity contribution is 6.30. The first-order valence-electron chi connectivity index (χ1n) is 8.20. The maximum absolute atomic E-state index is 12.6. The first-order valence-corrected chi connectivity index (χ1v) is 8.58. The van der Waals surface area contributed by atoms with E-state index >= 15 is 0 Å². The van der Waals surface area contributed by atoms with Gasteiger partial charge in [-0.25, -0.2) is 4.90 Å². The van der Waals surface area contributed by atoms with Crippen molar-refractivity contribution in [2.45, 2.75) is 19.0 Å². The summed E-state index contributed by atoms with van der Waals surface area (Å²) in [5, 5.41) is 2.43. The van der Waals surface area contributed by atoms with Gasteiger partial charge in [-0.2, -0.15) is 0 Å². The molecule has 0 bridgehead atoms. The van der Waals surface area contributed by atoms with E-state index in [-0.39, 0.29) is 18.2 Å². The number of ether oxygens (including phenoxy) is 2. The van der Waals surface area contributed by atoms with Crippen molar-refractivity contribution >= 4 is 29.1 Å². The number of hydrogen-bond acceptors (Lipinski definition) is 4. The Morgan fingerprint density at radius 2 is 1.77 bits per heavy atom. The lowest BCUT2D eigenvalue weighted by Crippen LogP contribution is -2.90. The molecule has 0 aliphatic carbocycles. The van der Waals surface area contributed by atoms with Crippen LogP contribution in [0.1, 0.15) is 12.0 Å². The summed E-state index contributed by atoms with van der Waals surface area (Å²) in [5.74, 6) is 0.871. The number of halogens is 1. The Morgan fingerprint density at radius 1 is 1.08 bits per heavy atom. The number of nitrogens with zero attached hydrogens (tertiary/aromatic N) is 1. The summed E-state index contributed by atoms with van der Waals surface area (Å²) in [7, 11) is 3.16. The van der Waals surface area contributed by atoms with E-state index in [1.807, 2.05) is 23.5 Å². The van der Waals surface area contributed by atoms with Crippen molar-refractivity contribution in [3.63, 3.8) is 0 Å². The molecule has 1 saturated heterocycles. The Labute approximate surface area is 156 Å². The van der Waals surface area contributed by atoms with Gasteiger partial charge < -0.3 is 14.8 Å². The summed E-state index contributed by atoms with van der Waals surface area (Å²) in [6.45, 7) is 0.554. The van der Waals surface area contributed by atoms with Gasteiger partial charge in [0.25, 0.3) is 5.91 Å². The summed E-state index contributed by atoms with van der Waals surface area (Å²) < 4.78 is 10.5. The van der Waals surface area contributed by atoms with Crippen LogP contribution in [0.4, 0.5) is 5.69 Å². The second-order valence-electron chi connectivity index (χ2n) is 5.98. The molecule has 2 aromatic carbocycles. The van der Waals surface area contributed by atoms with Gasteiger partial charge in [0.2, 0.25) is 5.91 Å². The molecule has 0 spiro atoms. The van der Waals surface area contributed by atoms with Gasteiger partial charge in [-0.3, -0.25) is 9.59 Å². The molecule has 2 amide bonds. The molecule has 0 saturated carbocycles. The van der Waals surface area contributed by atoms with E-state index in [1.54, 1.807) is 38.5 Å². The monoisotopic (exact) mass is 375 g/mol. The zero-order valence-corrected chi connectivity index (χ0v) is 15.3. The van der Waals surface area contributed by atoms with E-state index in [2.05, 4.69) is 0 Å². The van der Waals surface area contributed by atoms with E-state index in [4.69, 9.17) is 21.1 Å². The average molecular weight is 376 g/mol. The standard InChI is InChI=1S/C19H19ClN2O4/c1-25-16-8-3-12(9-17(16)26-2)11-21-15-10-18(23)22(19(15)24)14-6-4-13(20)5-7-14/h3-9,15,21H,10-11H2,1-2H3/p+1/t15-/m1/s1. The number of imide groups is 1. The Balaban J connectivity index is 1.69. The Morgan fingerprint density at radius 3 is 2.42 bits per heavy atom. The predicted octanol–water partition coefficient (Wildman–Crippen LogP) is 1.75. The second kappa shape index (κ2) is 7.76. The molecule has 0 radical (unpaired) electrons. The molecule has 1 aliphatic rings. The van der Waals surface area contributed by atoms with Gasteiger partial charge in [-0.05, 0) is 42.5 Å². The van der Waals surface area contributed by atoms with Crippen LogP contribution in [-0.4, -0.2) is 32.1 Å². The lowest BCUT2D eigenvalue weighted by Gasteiger charge is -2.14. The van der Waals surface area contributed by atoms with Gasteiger partial charge >= 0.3 is 0 Å². The minimum Gasteiger partial charge on any atom is -0.493 e. The van der Waals surface area contributed by atoms with Gasteiger partial charge in [0.1, 0.15) is 6.54 Å². The molecule has 0 aromatic heterocycles. The first-order chi connectivity index (χ1) is 12.5. The number of methoxy groups -OCH3 is 2. The zero-order valence-electron chi connectivity index (χ0n) is 14.6. The van der Waals surface area contributed by atoms with Crippen molar-refractivity contribution in [3.05, 3.63) is 53.1 Å². The van der Waals surface area contributed by atoms with Crippen LogP contribution in [-0.2, 0) is 16.1 Å². The van der Waals surface area contributed by atoms with E-state index < -0.39 is 6.04 Å². The molecule has 26 heavy (non-hydrogen) atoms. The van der Waals surface area contributed by atoms with E-state index in [0.717, 1.165) is 5.56 Å². The zero-order chi connectivity index (χ0) is 18.7. The van der Waals surface area contributed by atoms with Crippen LogP contribution in [0.15, 0.2) is 42.5 Å². The fraction of sp³-hybridized carbons (Fsp3) is 0.263. The molecule has 1 aliphatic heterocycles. The van der Waals surface area contributed by atoms with Crippen LogP contribution in [0, 0.1) is 0 Å². The fourth-order valence-electron chi connectivity index (χ4n) is 2.99. The van der Waals surface area contributed by atoms with Crippen molar-refractivity contribution in [2.24, 2.45) is 0 Å². The summed E-state index contributed by atoms with van der Waals surface area (Å²) in [6.07, 6.45) is 0.175. The summed E-state index contributed by atoms with van der Waals surface area (Å²) in [6, 6.07) is 11.8. The smallest absolute Gasteiger partial charge is 0.292 e. The van der Waals surface area contributed by atoms with Crippen LogP contribution in [0.5, 0.6) is 11.5 Å². The van der Waals surface area contributed by atoms with Crippen molar-refractivity contribution < 1.29 is 24.4 Å². The molecular weight excluding hydrogens is 356 g/mol. The molecule has 2 aromatic rings. The maximum atomic E-state index is 12.6. The third-order valence-corrected chi connectivity index (χ3v) is 4.60. The maximum Gasteiger partial charge on any atom is 0.292 e. The van der Waals surface area contributed by atoms with Crippen LogP contribution in [0.2, 0.25) is 5.02 Å². The molecule has 3 rings (SSSR count). The molecule has 136 valence electrons. The lowest BCUT2D eigenvalue weighted by atomic mass is 10.1. The van der Waals surface area contributed by atoms with Crippen molar-refractivity contribution in [2.75, 3.05) is 19.1 Å². The number of rotatable bonds is 6. The summed E-state index contributed by atoms with van der Waals surface area (Å²) in [5.41, 5.74) is 1.53. The largest absolute Gasteiger partial charge is 0.493 e.